The molecule has 0 saturated carbocycles. The summed E-state index contributed by atoms with van der Waals surface area (Å²) in [6, 6.07) is 16.8. The van der Waals surface area contributed by atoms with Gasteiger partial charge in [-0.05, 0) is 29.8 Å². The number of carbonyl (C=O) groups excluding carboxylic acids is 2. The number of nitrogens with one attached hydrogen (secondary N) is 1. The van der Waals surface area contributed by atoms with Crippen molar-refractivity contribution in [2.45, 2.75) is 6.04 Å². The second kappa shape index (κ2) is 9.07. The Morgan fingerprint density at radius 1 is 0.968 bits per heavy atom. The first-order chi connectivity index (χ1) is 15.1. The van der Waals surface area contributed by atoms with Gasteiger partial charge in [-0.1, -0.05) is 30.3 Å². The average molecular weight is 422 g/mol. The zero-order valence-corrected chi connectivity index (χ0v) is 17.7. The summed E-state index contributed by atoms with van der Waals surface area (Å²) in [6.07, 6.45) is 0. The number of aliphatic imine (C=N–C) groups is 1. The molecule has 31 heavy (non-hydrogen) atoms. The van der Waals surface area contributed by atoms with E-state index in [0.29, 0.717) is 19.0 Å². The van der Waals surface area contributed by atoms with Crippen molar-refractivity contribution < 1.29 is 19.1 Å². The number of hydrogen-bond acceptors (Lipinski definition) is 7. The number of methoxy groups -OCH3 is 2. The van der Waals surface area contributed by atoms with Gasteiger partial charge in [0, 0.05) is 31.9 Å². The maximum atomic E-state index is 12.8. The Morgan fingerprint density at radius 3 is 2.23 bits per heavy atom. The minimum absolute atomic E-state index is 0.386. The van der Waals surface area contributed by atoms with Gasteiger partial charge in [0.25, 0.3) is 0 Å². The normalized spacial score (nSPS) is 21.2. The molecule has 1 fully saturated rings. The van der Waals surface area contributed by atoms with Crippen LogP contribution >= 0.6 is 0 Å². The van der Waals surface area contributed by atoms with Crippen LogP contribution in [0.4, 0.5) is 5.69 Å². The van der Waals surface area contributed by atoms with Crippen LogP contribution < -0.4 is 15.0 Å². The Hall–Kier alpha value is -3.55. The maximum Gasteiger partial charge on any atom is 0.320 e. The number of anilines is 1. The number of nitrogens with zero attached hydrogens (tertiary/aromatic N) is 3. The summed E-state index contributed by atoms with van der Waals surface area (Å²) in [7, 11) is 2.94. The van der Waals surface area contributed by atoms with Crippen LogP contribution in [0.5, 0.6) is 5.75 Å². The number of ether oxygens (including phenoxy) is 2. The first-order valence-electron chi connectivity index (χ1n) is 10.3. The zero-order valence-electron chi connectivity index (χ0n) is 17.7. The lowest BCUT2D eigenvalue weighted by atomic mass is 9.91. The van der Waals surface area contributed by atoms with Crippen molar-refractivity contribution in [2.75, 3.05) is 45.3 Å². The number of hydrogen-bond donors (Lipinski definition) is 1. The molecular formula is C23H26N4O4. The Morgan fingerprint density at radius 2 is 1.61 bits per heavy atom. The summed E-state index contributed by atoms with van der Waals surface area (Å²) in [5.41, 5.74) is 1.94. The lowest BCUT2D eigenvalue weighted by molar-refractivity contribution is -0.151. The molecule has 2 aromatic rings. The fourth-order valence-electron chi connectivity index (χ4n) is 3.98. The van der Waals surface area contributed by atoms with Crippen LogP contribution in [0.1, 0.15) is 11.6 Å². The second-order valence-electron chi connectivity index (χ2n) is 7.47. The molecule has 4 rings (SSSR count). The highest BCUT2D eigenvalue weighted by atomic mass is 16.5. The molecule has 1 N–H and O–H groups in total. The van der Waals surface area contributed by atoms with E-state index < -0.39 is 17.9 Å². The highest BCUT2D eigenvalue weighted by molar-refractivity contribution is 6.08. The van der Waals surface area contributed by atoms with Crippen LogP contribution in [-0.2, 0) is 14.3 Å². The van der Waals surface area contributed by atoms with Crippen LogP contribution in [0.2, 0.25) is 0 Å². The van der Waals surface area contributed by atoms with E-state index in [1.54, 1.807) is 7.11 Å². The third kappa shape index (κ3) is 4.33. The summed E-state index contributed by atoms with van der Waals surface area (Å²) in [5, 5.41) is 2.82. The molecule has 2 heterocycles. The Balaban J connectivity index is 1.51. The van der Waals surface area contributed by atoms with E-state index in [1.807, 2.05) is 54.6 Å². The third-order valence-corrected chi connectivity index (χ3v) is 5.71. The van der Waals surface area contributed by atoms with E-state index in [1.165, 1.54) is 7.11 Å². The van der Waals surface area contributed by atoms with Gasteiger partial charge in [0.2, 0.25) is 11.9 Å². The van der Waals surface area contributed by atoms with Gasteiger partial charge in [-0.25, -0.2) is 4.99 Å². The fraction of sp³-hybridized carbons (Fsp3) is 0.348. The molecule has 8 nitrogen and oxygen atoms in total. The summed E-state index contributed by atoms with van der Waals surface area (Å²) in [6.45, 7) is 2.99. The van der Waals surface area contributed by atoms with Crippen molar-refractivity contribution >= 4 is 23.5 Å². The molecule has 2 aliphatic rings. The van der Waals surface area contributed by atoms with Crippen molar-refractivity contribution in [3.63, 3.8) is 0 Å². The average Bonchev–Trinajstić information content (AvgIpc) is 2.84. The van der Waals surface area contributed by atoms with Gasteiger partial charge in [-0.2, -0.15) is 0 Å². The van der Waals surface area contributed by atoms with Crippen molar-refractivity contribution in [1.82, 2.24) is 10.2 Å². The van der Waals surface area contributed by atoms with Crippen molar-refractivity contribution in [3.05, 3.63) is 60.2 Å². The predicted molar refractivity (Wildman–Crippen MR) is 117 cm³/mol. The number of benzene rings is 2. The molecule has 1 amide bonds. The molecule has 2 aliphatic heterocycles. The van der Waals surface area contributed by atoms with E-state index >= 15 is 0 Å². The first kappa shape index (κ1) is 20.7. The number of rotatable bonds is 4. The predicted octanol–water partition coefficient (Wildman–Crippen LogP) is 1.83. The first-order valence-corrected chi connectivity index (χ1v) is 10.3. The number of carbonyl (C=O) groups is 2. The SMILES string of the molecule is COC(=O)[C@@H]1C(=O)NC(N2CCN(c3ccc(OC)cc3)CC2)=N[C@@H]1c1ccccc1. The quantitative estimate of drug-likeness (QED) is 0.598. The van der Waals surface area contributed by atoms with Gasteiger partial charge in [0.1, 0.15) is 11.8 Å². The summed E-state index contributed by atoms with van der Waals surface area (Å²) in [4.78, 5) is 34.3. The highest BCUT2D eigenvalue weighted by Gasteiger charge is 2.41. The van der Waals surface area contributed by atoms with Gasteiger partial charge in [-0.3, -0.25) is 14.9 Å². The monoisotopic (exact) mass is 422 g/mol. The molecule has 0 spiro atoms. The second-order valence-corrected chi connectivity index (χ2v) is 7.47. The third-order valence-electron chi connectivity index (χ3n) is 5.71. The lowest BCUT2D eigenvalue weighted by Gasteiger charge is -2.39. The number of guanidine groups is 1. The number of esters is 1. The number of amides is 1. The van der Waals surface area contributed by atoms with Crippen molar-refractivity contribution in [2.24, 2.45) is 10.9 Å². The van der Waals surface area contributed by atoms with Crippen LogP contribution in [-0.4, -0.2) is 63.1 Å². The van der Waals surface area contributed by atoms with Crippen LogP contribution in [0.25, 0.3) is 0 Å². The van der Waals surface area contributed by atoms with E-state index in [4.69, 9.17) is 14.5 Å². The van der Waals surface area contributed by atoms with Gasteiger partial charge in [0.15, 0.2) is 5.92 Å². The van der Waals surface area contributed by atoms with E-state index in [0.717, 1.165) is 30.1 Å². The Bertz CT molecular complexity index is 953. The van der Waals surface area contributed by atoms with Crippen LogP contribution in [0, 0.1) is 5.92 Å². The van der Waals surface area contributed by atoms with E-state index in [-0.39, 0.29) is 5.91 Å². The van der Waals surface area contributed by atoms with Gasteiger partial charge in [-0.15, -0.1) is 0 Å². The fourth-order valence-corrected chi connectivity index (χ4v) is 3.98. The molecule has 0 bridgehead atoms. The van der Waals surface area contributed by atoms with Gasteiger partial charge < -0.3 is 19.3 Å². The minimum Gasteiger partial charge on any atom is -0.497 e. The van der Waals surface area contributed by atoms with Gasteiger partial charge >= 0.3 is 5.97 Å². The zero-order chi connectivity index (χ0) is 21.8. The minimum atomic E-state index is -1.00. The van der Waals surface area contributed by atoms with Crippen LogP contribution in [0.15, 0.2) is 59.6 Å². The largest absolute Gasteiger partial charge is 0.497 e. The summed E-state index contributed by atoms with van der Waals surface area (Å²) >= 11 is 0. The Labute approximate surface area is 181 Å². The van der Waals surface area contributed by atoms with Gasteiger partial charge in [0.05, 0.1) is 14.2 Å². The number of piperazine rings is 1. The Kier molecular flexibility index (Phi) is 6.06. The molecule has 2 atom stereocenters. The molecule has 0 radical (unpaired) electrons. The van der Waals surface area contributed by atoms with Crippen molar-refractivity contribution in [1.29, 1.82) is 0 Å². The highest BCUT2D eigenvalue weighted by Crippen LogP contribution is 2.31. The molecule has 0 aromatic heterocycles. The molecule has 0 unspecified atom stereocenters. The van der Waals surface area contributed by atoms with E-state index in [2.05, 4.69) is 15.1 Å². The summed E-state index contributed by atoms with van der Waals surface area (Å²) < 4.78 is 10.1. The molecule has 162 valence electrons. The molecule has 2 aromatic carbocycles. The topological polar surface area (TPSA) is 83.5 Å². The van der Waals surface area contributed by atoms with Crippen molar-refractivity contribution in [3.8, 4) is 5.75 Å². The van der Waals surface area contributed by atoms with Crippen LogP contribution in [0.3, 0.4) is 0 Å². The standard InChI is InChI=1S/C23H26N4O4/c1-30-18-10-8-17(9-11-18)26-12-14-27(15-13-26)23-24-20(16-6-4-3-5-7-16)19(21(28)25-23)22(29)31-2/h3-11,19-20H,12-15H2,1-2H3,(H,24,25,28)/t19-,20+/m0/s1. The molecule has 0 aliphatic carbocycles. The molecule has 8 heteroatoms. The molecule has 1 saturated heterocycles. The maximum absolute atomic E-state index is 12.8. The lowest BCUT2D eigenvalue weighted by Crippen LogP contribution is -2.57. The molecular weight excluding hydrogens is 396 g/mol. The summed E-state index contributed by atoms with van der Waals surface area (Å²) in [5.74, 6) is -0.638. The smallest absolute Gasteiger partial charge is 0.320 e. The van der Waals surface area contributed by atoms with E-state index in [9.17, 15) is 9.59 Å².